The number of hydrogen-bond acceptors (Lipinski definition) is 5. The molecule has 1 unspecified atom stereocenters. The van der Waals surface area contributed by atoms with Crippen LogP contribution in [0.4, 0.5) is 5.69 Å². The van der Waals surface area contributed by atoms with E-state index in [4.69, 9.17) is 25.8 Å². The molecule has 3 aliphatic rings. The van der Waals surface area contributed by atoms with Crippen LogP contribution in [-0.2, 0) is 23.2 Å². The summed E-state index contributed by atoms with van der Waals surface area (Å²) < 4.78 is 17.2. The van der Waals surface area contributed by atoms with Gasteiger partial charge in [-0.25, -0.2) is 0 Å². The van der Waals surface area contributed by atoms with Gasteiger partial charge in [0.15, 0.2) is 11.5 Å². The van der Waals surface area contributed by atoms with Crippen molar-refractivity contribution in [1.82, 2.24) is 5.32 Å². The predicted molar refractivity (Wildman–Crippen MR) is 150 cm³/mol. The van der Waals surface area contributed by atoms with E-state index >= 15 is 0 Å². The molecule has 0 radical (unpaired) electrons. The first-order valence-electron chi connectivity index (χ1n) is 13.1. The highest BCUT2D eigenvalue weighted by atomic mass is 35.5. The van der Waals surface area contributed by atoms with E-state index in [1.54, 1.807) is 17.0 Å². The van der Waals surface area contributed by atoms with Gasteiger partial charge in [0.2, 0.25) is 12.7 Å². The lowest BCUT2D eigenvalue weighted by Crippen LogP contribution is -2.42. The SMILES string of the molecule is O=C(NCCc1ccc(Cl)cc1)c1ccccc1CN1C(=O)C2(COc3cc4c(cc32)OCO4)c2ccccc21. The third-order valence-electron chi connectivity index (χ3n) is 7.85. The zero-order chi connectivity index (χ0) is 27.3. The highest BCUT2D eigenvalue weighted by molar-refractivity contribution is 6.30. The summed E-state index contributed by atoms with van der Waals surface area (Å²) in [6.45, 7) is 1.05. The van der Waals surface area contributed by atoms with E-state index in [1.807, 2.05) is 72.8 Å². The molecule has 0 saturated carbocycles. The van der Waals surface area contributed by atoms with E-state index in [0.29, 0.717) is 40.8 Å². The molecule has 1 spiro atoms. The molecule has 4 aromatic carbocycles. The zero-order valence-electron chi connectivity index (χ0n) is 21.5. The Morgan fingerprint density at radius 1 is 0.875 bits per heavy atom. The Hall–Kier alpha value is -4.49. The van der Waals surface area contributed by atoms with E-state index in [9.17, 15) is 9.59 Å². The molecule has 0 aromatic heterocycles. The number of carbonyl (C=O) groups excluding carboxylic acids is 2. The van der Waals surface area contributed by atoms with Crippen LogP contribution >= 0.6 is 11.6 Å². The third kappa shape index (κ3) is 3.88. The number of rotatable bonds is 6. The summed E-state index contributed by atoms with van der Waals surface area (Å²) in [4.78, 5) is 29.4. The van der Waals surface area contributed by atoms with Gasteiger partial charge in [0.25, 0.3) is 5.91 Å². The molecule has 7 nitrogen and oxygen atoms in total. The van der Waals surface area contributed by atoms with Gasteiger partial charge in [-0.15, -0.1) is 0 Å². The number of hydrogen-bond donors (Lipinski definition) is 1. The summed E-state index contributed by atoms with van der Waals surface area (Å²) in [7, 11) is 0. The lowest BCUT2D eigenvalue weighted by molar-refractivity contribution is -0.122. The smallest absolute Gasteiger partial charge is 0.251 e. The van der Waals surface area contributed by atoms with Gasteiger partial charge in [-0.3, -0.25) is 9.59 Å². The summed E-state index contributed by atoms with van der Waals surface area (Å²) in [5, 5.41) is 3.70. The number of nitrogens with zero attached hydrogens (tertiary/aromatic N) is 1. The molecule has 1 atom stereocenters. The Bertz CT molecular complexity index is 1650. The van der Waals surface area contributed by atoms with Crippen LogP contribution in [0.25, 0.3) is 0 Å². The summed E-state index contributed by atoms with van der Waals surface area (Å²) in [5.74, 6) is 1.57. The normalized spacial score (nSPS) is 18.0. The van der Waals surface area contributed by atoms with Crippen LogP contribution in [0.15, 0.2) is 84.9 Å². The zero-order valence-corrected chi connectivity index (χ0v) is 22.2. The van der Waals surface area contributed by atoms with Crippen molar-refractivity contribution >= 4 is 29.1 Å². The number of ether oxygens (including phenoxy) is 3. The number of benzene rings is 4. The maximum Gasteiger partial charge on any atom is 0.251 e. The average molecular weight is 553 g/mol. The van der Waals surface area contributed by atoms with E-state index in [0.717, 1.165) is 27.9 Å². The van der Waals surface area contributed by atoms with Gasteiger partial charge in [-0.1, -0.05) is 60.1 Å². The second-order valence-corrected chi connectivity index (χ2v) is 10.5. The summed E-state index contributed by atoms with van der Waals surface area (Å²) in [6, 6.07) is 26.4. The average Bonchev–Trinajstić information content (AvgIpc) is 3.65. The first-order valence-corrected chi connectivity index (χ1v) is 13.5. The first-order chi connectivity index (χ1) is 19.5. The maximum absolute atomic E-state index is 14.4. The van der Waals surface area contributed by atoms with E-state index in [1.165, 1.54) is 0 Å². The van der Waals surface area contributed by atoms with Crippen LogP contribution in [0.2, 0.25) is 5.02 Å². The molecule has 2 amide bonds. The van der Waals surface area contributed by atoms with E-state index < -0.39 is 5.41 Å². The molecule has 1 N–H and O–H groups in total. The molecular weight excluding hydrogens is 528 g/mol. The molecule has 0 fully saturated rings. The number of anilines is 1. The van der Waals surface area contributed by atoms with E-state index in [2.05, 4.69) is 5.32 Å². The quantitative estimate of drug-likeness (QED) is 0.353. The van der Waals surface area contributed by atoms with Crippen LogP contribution in [0.3, 0.4) is 0 Å². The summed E-state index contributed by atoms with van der Waals surface area (Å²) >= 11 is 5.98. The molecule has 3 aliphatic heterocycles. The van der Waals surface area contributed by atoms with Crippen molar-refractivity contribution in [2.45, 2.75) is 18.4 Å². The molecule has 8 heteroatoms. The highest BCUT2D eigenvalue weighted by Crippen LogP contribution is 2.55. The Kier molecular flexibility index (Phi) is 5.90. The van der Waals surface area contributed by atoms with Crippen molar-refractivity contribution in [2.24, 2.45) is 0 Å². The molecule has 4 aromatic rings. The van der Waals surface area contributed by atoms with Gasteiger partial charge < -0.3 is 24.4 Å². The lowest BCUT2D eigenvalue weighted by Gasteiger charge is -2.24. The van der Waals surface area contributed by atoms with Crippen molar-refractivity contribution in [3.63, 3.8) is 0 Å². The fourth-order valence-electron chi connectivity index (χ4n) is 5.84. The summed E-state index contributed by atoms with van der Waals surface area (Å²) in [5.41, 5.74) is 3.84. The molecular formula is C32H25ClN2O5. The van der Waals surface area contributed by atoms with Crippen molar-refractivity contribution in [1.29, 1.82) is 0 Å². The fraction of sp³-hybridized carbons (Fsp3) is 0.188. The predicted octanol–water partition coefficient (Wildman–Crippen LogP) is 5.27. The second-order valence-electron chi connectivity index (χ2n) is 10.1. The molecule has 200 valence electrons. The Morgan fingerprint density at radius 3 is 2.48 bits per heavy atom. The van der Waals surface area contributed by atoms with Crippen LogP contribution in [0.1, 0.15) is 32.6 Å². The van der Waals surface area contributed by atoms with Crippen molar-refractivity contribution in [3.05, 3.63) is 118 Å². The molecule has 0 saturated heterocycles. The molecule has 3 heterocycles. The van der Waals surface area contributed by atoms with Gasteiger partial charge in [0.05, 0.1) is 6.54 Å². The molecule has 0 bridgehead atoms. The summed E-state index contributed by atoms with van der Waals surface area (Å²) in [6.07, 6.45) is 0.684. The van der Waals surface area contributed by atoms with Crippen LogP contribution in [-0.4, -0.2) is 31.8 Å². The number of fused-ring (bicyclic) bond motifs is 5. The number of halogens is 1. The van der Waals surface area contributed by atoms with Gasteiger partial charge in [0.1, 0.15) is 17.8 Å². The van der Waals surface area contributed by atoms with Gasteiger partial charge in [-0.05, 0) is 53.4 Å². The molecule has 7 rings (SSSR count). The lowest BCUT2D eigenvalue weighted by atomic mass is 9.77. The largest absolute Gasteiger partial charge is 0.491 e. The Morgan fingerprint density at radius 2 is 1.62 bits per heavy atom. The van der Waals surface area contributed by atoms with Gasteiger partial charge in [-0.2, -0.15) is 0 Å². The number of carbonyl (C=O) groups is 2. The molecule has 40 heavy (non-hydrogen) atoms. The number of para-hydroxylation sites is 1. The number of nitrogens with one attached hydrogen (secondary N) is 1. The second kappa shape index (κ2) is 9.61. The van der Waals surface area contributed by atoms with Crippen LogP contribution in [0.5, 0.6) is 17.2 Å². The van der Waals surface area contributed by atoms with Crippen LogP contribution < -0.4 is 24.4 Å². The van der Waals surface area contributed by atoms with Gasteiger partial charge in [0, 0.05) is 34.4 Å². The van der Waals surface area contributed by atoms with E-state index in [-0.39, 0.29) is 31.8 Å². The van der Waals surface area contributed by atoms with Gasteiger partial charge >= 0.3 is 0 Å². The highest BCUT2D eigenvalue weighted by Gasteiger charge is 2.57. The Balaban J connectivity index is 1.17. The molecule has 0 aliphatic carbocycles. The topological polar surface area (TPSA) is 77.1 Å². The third-order valence-corrected chi connectivity index (χ3v) is 8.10. The van der Waals surface area contributed by atoms with Crippen molar-refractivity contribution in [2.75, 3.05) is 24.8 Å². The standard InChI is InChI=1S/C32H25ClN2O5/c33-22-11-9-20(10-12-22)13-14-34-30(36)23-6-2-1-5-21(23)17-35-26-8-4-3-7-24(26)32(31(35)37)18-38-27-16-29-28(15-25(27)32)39-19-40-29/h1-12,15-16H,13-14,17-19H2,(H,34,36). The first kappa shape index (κ1) is 24.5. The monoisotopic (exact) mass is 552 g/mol. The van der Waals surface area contributed by atoms with Crippen molar-refractivity contribution in [3.8, 4) is 17.2 Å². The fourth-order valence-corrected chi connectivity index (χ4v) is 5.96. The van der Waals surface area contributed by atoms with Crippen molar-refractivity contribution < 1.29 is 23.8 Å². The minimum absolute atomic E-state index is 0.0933. The minimum Gasteiger partial charge on any atom is -0.491 e. The maximum atomic E-state index is 14.4. The Labute approximate surface area is 236 Å². The number of amides is 2. The van der Waals surface area contributed by atoms with Crippen LogP contribution in [0, 0.1) is 0 Å². The minimum atomic E-state index is -0.997.